The smallest absolute Gasteiger partial charge is 0.191 e. The van der Waals surface area contributed by atoms with Gasteiger partial charge in [-0.1, -0.05) is 0 Å². The molecule has 0 saturated carbocycles. The highest BCUT2D eigenvalue weighted by Gasteiger charge is 2.11. The monoisotopic (exact) mass is 321 g/mol. The number of halogens is 1. The molecule has 0 unspecified atom stereocenters. The van der Waals surface area contributed by atoms with Crippen LogP contribution in [0.2, 0.25) is 0 Å². The molecule has 2 N–H and O–H groups in total. The number of aliphatic imine (C=N–C) groups is 1. The highest BCUT2D eigenvalue weighted by atomic mass is 19.1. The first-order chi connectivity index (χ1) is 11.2. The van der Waals surface area contributed by atoms with Crippen molar-refractivity contribution >= 4 is 16.9 Å². The minimum absolute atomic E-state index is 0.260. The Labute approximate surface area is 135 Å². The van der Waals surface area contributed by atoms with Crippen LogP contribution in [0.3, 0.4) is 0 Å². The summed E-state index contributed by atoms with van der Waals surface area (Å²) >= 11 is 0. The zero-order valence-corrected chi connectivity index (χ0v) is 13.9. The summed E-state index contributed by atoms with van der Waals surface area (Å²) in [6.45, 7) is 6.61. The number of aryl methyl sites for hydroxylation is 1. The molecule has 6 heteroatoms. The largest absolute Gasteiger partial charge is 0.459 e. The Balaban J connectivity index is 2.07. The molecule has 0 aliphatic rings. The van der Waals surface area contributed by atoms with Crippen LogP contribution in [-0.4, -0.2) is 32.8 Å². The van der Waals surface area contributed by atoms with Gasteiger partial charge in [-0.15, -0.1) is 0 Å². The molecule has 0 fully saturated rings. The van der Waals surface area contributed by atoms with Crippen LogP contribution < -0.4 is 10.6 Å². The molecule has 0 radical (unpaired) electrons. The fourth-order valence-corrected chi connectivity index (χ4v) is 2.31. The van der Waals surface area contributed by atoms with E-state index in [1.165, 1.54) is 12.1 Å². The molecular formula is C17H24FN3O2. The molecule has 0 aliphatic carbocycles. The summed E-state index contributed by atoms with van der Waals surface area (Å²) in [6.07, 6.45) is 0.907. The lowest BCUT2D eigenvalue weighted by molar-refractivity contribution is 0.195. The molecule has 1 aromatic carbocycles. The van der Waals surface area contributed by atoms with Crippen molar-refractivity contribution in [3.8, 4) is 0 Å². The van der Waals surface area contributed by atoms with Crippen LogP contribution >= 0.6 is 0 Å². The molecule has 5 nitrogen and oxygen atoms in total. The van der Waals surface area contributed by atoms with Crippen molar-refractivity contribution in [2.75, 3.05) is 26.8 Å². The van der Waals surface area contributed by atoms with Crippen molar-refractivity contribution in [2.45, 2.75) is 26.8 Å². The predicted octanol–water partition coefficient (Wildman–Crippen LogP) is 2.97. The Bertz CT molecular complexity index is 667. The van der Waals surface area contributed by atoms with Gasteiger partial charge in [-0.05, 0) is 38.5 Å². The third-order valence-electron chi connectivity index (χ3n) is 3.54. The van der Waals surface area contributed by atoms with E-state index in [9.17, 15) is 4.39 Å². The summed E-state index contributed by atoms with van der Waals surface area (Å²) in [4.78, 5) is 4.53. The number of nitrogens with one attached hydrogen (secondary N) is 2. The van der Waals surface area contributed by atoms with Gasteiger partial charge in [0.2, 0.25) is 0 Å². The number of fused-ring (bicyclic) bond motifs is 1. The predicted molar refractivity (Wildman–Crippen MR) is 90.2 cm³/mol. The number of hydrogen-bond donors (Lipinski definition) is 2. The number of rotatable bonds is 7. The maximum absolute atomic E-state index is 13.3. The molecule has 0 amide bonds. The molecule has 0 saturated heterocycles. The Morgan fingerprint density at radius 2 is 2.17 bits per heavy atom. The molecule has 0 aliphatic heterocycles. The van der Waals surface area contributed by atoms with Gasteiger partial charge >= 0.3 is 0 Å². The zero-order valence-electron chi connectivity index (χ0n) is 13.9. The standard InChI is InChI=1S/C17H24FN3O2/c1-4-19-17(20-8-5-9-22-3)21-11-16-12(2)14-10-13(18)6-7-15(14)23-16/h6-7,10H,4-5,8-9,11H2,1-3H3,(H2,19,20,21). The van der Waals surface area contributed by atoms with Gasteiger partial charge in [-0.25, -0.2) is 9.38 Å². The molecule has 1 heterocycles. The Morgan fingerprint density at radius 1 is 1.35 bits per heavy atom. The van der Waals surface area contributed by atoms with E-state index in [4.69, 9.17) is 9.15 Å². The highest BCUT2D eigenvalue weighted by molar-refractivity contribution is 5.82. The quantitative estimate of drug-likeness (QED) is 0.468. The van der Waals surface area contributed by atoms with Gasteiger partial charge in [0.1, 0.15) is 23.7 Å². The molecule has 23 heavy (non-hydrogen) atoms. The molecule has 0 atom stereocenters. The fraction of sp³-hybridized carbons (Fsp3) is 0.471. The van der Waals surface area contributed by atoms with Crippen molar-refractivity contribution in [3.63, 3.8) is 0 Å². The van der Waals surface area contributed by atoms with Crippen LogP contribution in [0.4, 0.5) is 4.39 Å². The summed E-state index contributed by atoms with van der Waals surface area (Å²) in [5.74, 6) is 1.22. The van der Waals surface area contributed by atoms with Crippen LogP contribution in [-0.2, 0) is 11.3 Å². The van der Waals surface area contributed by atoms with E-state index in [0.717, 1.165) is 42.2 Å². The summed E-state index contributed by atoms with van der Waals surface area (Å²) in [5.41, 5.74) is 1.62. The lowest BCUT2D eigenvalue weighted by atomic mass is 10.1. The molecule has 1 aromatic heterocycles. The summed E-state index contributed by atoms with van der Waals surface area (Å²) in [6, 6.07) is 4.55. The van der Waals surface area contributed by atoms with Crippen LogP contribution in [0, 0.1) is 12.7 Å². The average molecular weight is 321 g/mol. The number of furan rings is 1. The highest BCUT2D eigenvalue weighted by Crippen LogP contribution is 2.26. The maximum atomic E-state index is 13.3. The number of ether oxygens (including phenoxy) is 1. The van der Waals surface area contributed by atoms with Crippen LogP contribution in [0.1, 0.15) is 24.7 Å². The van der Waals surface area contributed by atoms with Crippen molar-refractivity contribution < 1.29 is 13.5 Å². The maximum Gasteiger partial charge on any atom is 0.191 e. The first-order valence-electron chi connectivity index (χ1n) is 7.84. The van der Waals surface area contributed by atoms with Gasteiger partial charge in [0.05, 0.1) is 0 Å². The molecule has 2 aromatic rings. The summed E-state index contributed by atoms with van der Waals surface area (Å²) < 4.78 is 24.1. The summed E-state index contributed by atoms with van der Waals surface area (Å²) in [7, 11) is 1.69. The minimum atomic E-state index is -0.260. The first kappa shape index (κ1) is 17.3. The number of guanidine groups is 1. The fourth-order valence-electron chi connectivity index (χ4n) is 2.31. The van der Waals surface area contributed by atoms with Crippen LogP contribution in [0.15, 0.2) is 27.6 Å². The SMILES string of the molecule is CCNC(=NCc1oc2ccc(F)cc2c1C)NCCCOC. The third kappa shape index (κ3) is 4.69. The van der Waals surface area contributed by atoms with E-state index >= 15 is 0 Å². The lowest BCUT2D eigenvalue weighted by Crippen LogP contribution is -2.38. The molecular weight excluding hydrogens is 297 g/mol. The van der Waals surface area contributed by atoms with E-state index in [-0.39, 0.29) is 5.82 Å². The number of benzene rings is 1. The normalized spacial score (nSPS) is 11.9. The molecule has 126 valence electrons. The van der Waals surface area contributed by atoms with Gasteiger partial charge in [-0.2, -0.15) is 0 Å². The van der Waals surface area contributed by atoms with E-state index in [1.807, 2.05) is 13.8 Å². The summed E-state index contributed by atoms with van der Waals surface area (Å²) in [5, 5.41) is 7.23. The van der Waals surface area contributed by atoms with Crippen molar-refractivity contribution in [1.82, 2.24) is 10.6 Å². The molecule has 0 bridgehead atoms. The van der Waals surface area contributed by atoms with Crippen molar-refractivity contribution in [1.29, 1.82) is 0 Å². The van der Waals surface area contributed by atoms with Gasteiger partial charge in [0.15, 0.2) is 5.96 Å². The lowest BCUT2D eigenvalue weighted by Gasteiger charge is -2.10. The number of methoxy groups -OCH3 is 1. The zero-order chi connectivity index (χ0) is 16.7. The van der Waals surface area contributed by atoms with Gasteiger partial charge < -0.3 is 19.8 Å². The average Bonchev–Trinajstić information content (AvgIpc) is 2.85. The second-order valence-electron chi connectivity index (χ2n) is 5.26. The molecule has 0 spiro atoms. The third-order valence-corrected chi connectivity index (χ3v) is 3.54. The minimum Gasteiger partial charge on any atom is -0.459 e. The van der Waals surface area contributed by atoms with Crippen molar-refractivity contribution in [2.24, 2.45) is 4.99 Å². The number of hydrogen-bond acceptors (Lipinski definition) is 3. The van der Waals surface area contributed by atoms with Crippen LogP contribution in [0.5, 0.6) is 0 Å². The van der Waals surface area contributed by atoms with Gasteiger partial charge in [0, 0.05) is 37.8 Å². The Morgan fingerprint density at radius 3 is 2.91 bits per heavy atom. The second kappa shape index (κ2) is 8.53. The van der Waals surface area contributed by atoms with Gasteiger partial charge in [0.25, 0.3) is 0 Å². The van der Waals surface area contributed by atoms with E-state index in [2.05, 4.69) is 15.6 Å². The Kier molecular flexibility index (Phi) is 6.40. The first-order valence-corrected chi connectivity index (χ1v) is 7.84. The Hall–Kier alpha value is -2.08. The van der Waals surface area contributed by atoms with Gasteiger partial charge in [-0.3, -0.25) is 0 Å². The molecule has 2 rings (SSSR count). The topological polar surface area (TPSA) is 58.8 Å². The van der Waals surface area contributed by atoms with Crippen molar-refractivity contribution in [3.05, 3.63) is 35.3 Å². The van der Waals surface area contributed by atoms with E-state index < -0.39 is 0 Å². The second-order valence-corrected chi connectivity index (χ2v) is 5.26. The van der Waals surface area contributed by atoms with E-state index in [0.29, 0.717) is 18.7 Å². The van der Waals surface area contributed by atoms with E-state index in [1.54, 1.807) is 13.2 Å². The number of nitrogens with zero attached hydrogens (tertiary/aromatic N) is 1. The van der Waals surface area contributed by atoms with Crippen LogP contribution in [0.25, 0.3) is 11.0 Å².